The Bertz CT molecular complexity index is 780. The molecule has 0 spiro atoms. The monoisotopic (exact) mass is 392 g/mol. The summed E-state index contributed by atoms with van der Waals surface area (Å²) < 4.78 is 31.5. The SMILES string of the molecule is CN(Cc1ccc(N2CCOCC2)cc1)C(=O)CSc1ccc(F)c(F)c1. The second-order valence-electron chi connectivity index (χ2n) is 6.38. The van der Waals surface area contributed by atoms with E-state index in [4.69, 9.17) is 4.74 Å². The highest BCUT2D eigenvalue weighted by atomic mass is 32.2. The second-order valence-corrected chi connectivity index (χ2v) is 7.43. The number of nitrogens with zero attached hydrogens (tertiary/aromatic N) is 2. The van der Waals surface area contributed by atoms with Crippen LogP contribution in [-0.4, -0.2) is 49.9 Å². The number of morpholine rings is 1. The Labute approximate surface area is 162 Å². The van der Waals surface area contributed by atoms with Gasteiger partial charge in [-0.2, -0.15) is 0 Å². The van der Waals surface area contributed by atoms with E-state index in [1.54, 1.807) is 11.9 Å². The quantitative estimate of drug-likeness (QED) is 0.704. The number of hydrogen-bond acceptors (Lipinski definition) is 4. The summed E-state index contributed by atoms with van der Waals surface area (Å²) in [5, 5.41) is 0. The maximum Gasteiger partial charge on any atom is 0.232 e. The fourth-order valence-corrected chi connectivity index (χ4v) is 3.68. The number of anilines is 1. The van der Waals surface area contributed by atoms with Crippen LogP contribution in [-0.2, 0) is 16.1 Å². The molecule has 0 saturated carbocycles. The van der Waals surface area contributed by atoms with Crippen molar-refractivity contribution in [2.45, 2.75) is 11.4 Å². The van der Waals surface area contributed by atoms with Gasteiger partial charge in [-0.25, -0.2) is 8.78 Å². The predicted molar refractivity (Wildman–Crippen MR) is 103 cm³/mol. The standard InChI is InChI=1S/C20H22F2N2O2S/c1-23(20(25)14-27-17-6-7-18(21)19(22)12-17)13-15-2-4-16(5-3-15)24-8-10-26-11-9-24/h2-7,12H,8-11,13-14H2,1H3. The van der Waals surface area contributed by atoms with E-state index < -0.39 is 11.6 Å². The van der Waals surface area contributed by atoms with Gasteiger partial charge in [0.1, 0.15) is 0 Å². The Morgan fingerprint density at radius 3 is 2.48 bits per heavy atom. The first-order chi connectivity index (χ1) is 13.0. The Kier molecular flexibility index (Phi) is 6.68. The van der Waals surface area contributed by atoms with E-state index in [0.29, 0.717) is 11.4 Å². The Morgan fingerprint density at radius 1 is 1.11 bits per heavy atom. The van der Waals surface area contributed by atoms with Gasteiger partial charge in [0.25, 0.3) is 0 Å². The van der Waals surface area contributed by atoms with Gasteiger partial charge in [0.05, 0.1) is 19.0 Å². The van der Waals surface area contributed by atoms with Gasteiger partial charge in [-0.05, 0) is 35.9 Å². The molecule has 7 heteroatoms. The molecule has 1 fully saturated rings. The zero-order valence-electron chi connectivity index (χ0n) is 15.2. The predicted octanol–water partition coefficient (Wildman–Crippen LogP) is 3.55. The molecule has 1 saturated heterocycles. The zero-order valence-corrected chi connectivity index (χ0v) is 16.0. The lowest BCUT2D eigenvalue weighted by Gasteiger charge is -2.29. The van der Waals surface area contributed by atoms with E-state index in [9.17, 15) is 13.6 Å². The summed E-state index contributed by atoms with van der Waals surface area (Å²) in [4.78, 5) is 16.7. The van der Waals surface area contributed by atoms with Crippen LogP contribution in [0.3, 0.4) is 0 Å². The summed E-state index contributed by atoms with van der Waals surface area (Å²) in [5.74, 6) is -1.68. The molecule has 1 aliphatic heterocycles. The van der Waals surface area contributed by atoms with Gasteiger partial charge in [0.15, 0.2) is 11.6 Å². The number of thioether (sulfide) groups is 1. The van der Waals surface area contributed by atoms with Crippen molar-refractivity contribution in [3.63, 3.8) is 0 Å². The van der Waals surface area contributed by atoms with Crippen LogP contribution < -0.4 is 4.90 Å². The normalized spacial score (nSPS) is 14.3. The highest BCUT2D eigenvalue weighted by Gasteiger charge is 2.13. The topological polar surface area (TPSA) is 32.8 Å². The lowest BCUT2D eigenvalue weighted by Crippen LogP contribution is -2.36. The fourth-order valence-electron chi connectivity index (χ4n) is 2.82. The van der Waals surface area contributed by atoms with E-state index in [-0.39, 0.29) is 11.7 Å². The minimum Gasteiger partial charge on any atom is -0.378 e. The first kappa shape index (κ1) is 19.6. The highest BCUT2D eigenvalue weighted by molar-refractivity contribution is 8.00. The molecule has 0 N–H and O–H groups in total. The largest absolute Gasteiger partial charge is 0.378 e. The van der Waals surface area contributed by atoms with Crippen LogP contribution in [0.5, 0.6) is 0 Å². The van der Waals surface area contributed by atoms with E-state index in [1.807, 2.05) is 12.1 Å². The van der Waals surface area contributed by atoms with Crippen LogP contribution in [0.2, 0.25) is 0 Å². The molecule has 0 unspecified atom stereocenters. The smallest absolute Gasteiger partial charge is 0.232 e. The summed E-state index contributed by atoms with van der Waals surface area (Å²) in [7, 11) is 1.74. The number of amides is 1. The molecule has 0 aliphatic carbocycles. The third-order valence-electron chi connectivity index (χ3n) is 4.41. The van der Waals surface area contributed by atoms with Crippen LogP contribution in [0.4, 0.5) is 14.5 Å². The summed E-state index contributed by atoms with van der Waals surface area (Å²) in [6.07, 6.45) is 0. The first-order valence-corrected chi connectivity index (χ1v) is 9.75. The summed E-state index contributed by atoms with van der Waals surface area (Å²) >= 11 is 1.20. The highest BCUT2D eigenvalue weighted by Crippen LogP contribution is 2.21. The minimum atomic E-state index is -0.902. The van der Waals surface area contributed by atoms with Gasteiger partial charge in [0.2, 0.25) is 5.91 Å². The molecule has 0 atom stereocenters. The van der Waals surface area contributed by atoms with Crippen molar-refractivity contribution < 1.29 is 18.3 Å². The lowest BCUT2D eigenvalue weighted by molar-refractivity contribution is -0.127. The van der Waals surface area contributed by atoms with Crippen molar-refractivity contribution in [3.8, 4) is 0 Å². The zero-order chi connectivity index (χ0) is 19.2. The van der Waals surface area contributed by atoms with Crippen molar-refractivity contribution in [2.75, 3.05) is 44.0 Å². The van der Waals surface area contributed by atoms with Crippen LogP contribution >= 0.6 is 11.8 Å². The number of rotatable bonds is 6. The van der Waals surface area contributed by atoms with E-state index in [1.165, 1.54) is 17.8 Å². The molecule has 2 aromatic rings. The maximum absolute atomic E-state index is 13.2. The van der Waals surface area contributed by atoms with Crippen molar-refractivity contribution in [1.29, 1.82) is 0 Å². The van der Waals surface area contributed by atoms with Gasteiger partial charge >= 0.3 is 0 Å². The lowest BCUT2D eigenvalue weighted by atomic mass is 10.2. The molecule has 1 heterocycles. The number of benzene rings is 2. The van der Waals surface area contributed by atoms with E-state index in [0.717, 1.165) is 49.7 Å². The minimum absolute atomic E-state index is 0.0676. The summed E-state index contributed by atoms with van der Waals surface area (Å²) in [5.41, 5.74) is 2.20. The van der Waals surface area contributed by atoms with E-state index >= 15 is 0 Å². The van der Waals surface area contributed by atoms with Crippen LogP contribution in [0.15, 0.2) is 47.4 Å². The summed E-state index contributed by atoms with van der Waals surface area (Å²) in [6, 6.07) is 11.8. The first-order valence-electron chi connectivity index (χ1n) is 8.76. The third kappa shape index (κ3) is 5.43. The average Bonchev–Trinajstić information content (AvgIpc) is 2.70. The third-order valence-corrected chi connectivity index (χ3v) is 5.39. The molecule has 27 heavy (non-hydrogen) atoms. The molecule has 1 amide bonds. The summed E-state index contributed by atoms with van der Waals surface area (Å²) in [6.45, 7) is 3.77. The average molecular weight is 392 g/mol. The molecule has 4 nitrogen and oxygen atoms in total. The fraction of sp³-hybridized carbons (Fsp3) is 0.350. The van der Waals surface area contributed by atoms with Gasteiger partial charge in [-0.3, -0.25) is 4.79 Å². The molecule has 3 rings (SSSR count). The van der Waals surface area contributed by atoms with Crippen LogP contribution in [0.25, 0.3) is 0 Å². The molecule has 2 aromatic carbocycles. The molecule has 0 bridgehead atoms. The number of hydrogen-bond donors (Lipinski definition) is 0. The van der Waals surface area contributed by atoms with Crippen LogP contribution in [0.1, 0.15) is 5.56 Å². The maximum atomic E-state index is 13.2. The Morgan fingerprint density at radius 2 is 1.81 bits per heavy atom. The molecule has 0 aromatic heterocycles. The number of ether oxygens (including phenoxy) is 1. The molecule has 144 valence electrons. The van der Waals surface area contributed by atoms with E-state index in [2.05, 4.69) is 17.0 Å². The van der Waals surface area contributed by atoms with Gasteiger partial charge in [0, 0.05) is 37.3 Å². The second kappa shape index (κ2) is 9.19. The van der Waals surface area contributed by atoms with Crippen molar-refractivity contribution in [1.82, 2.24) is 4.90 Å². The number of carbonyl (C=O) groups is 1. The Hall–Kier alpha value is -2.12. The van der Waals surface area contributed by atoms with Crippen molar-refractivity contribution in [3.05, 3.63) is 59.7 Å². The van der Waals surface area contributed by atoms with Gasteiger partial charge in [-0.1, -0.05) is 12.1 Å². The van der Waals surface area contributed by atoms with Crippen LogP contribution in [0, 0.1) is 11.6 Å². The van der Waals surface area contributed by atoms with Crippen molar-refractivity contribution >= 4 is 23.4 Å². The number of halogens is 2. The van der Waals surface area contributed by atoms with Gasteiger partial charge < -0.3 is 14.5 Å². The Balaban J connectivity index is 1.50. The van der Waals surface area contributed by atoms with Gasteiger partial charge in [-0.15, -0.1) is 11.8 Å². The molecular formula is C20H22F2N2O2S. The molecular weight excluding hydrogens is 370 g/mol. The molecule has 1 aliphatic rings. The number of carbonyl (C=O) groups excluding carboxylic acids is 1. The van der Waals surface area contributed by atoms with Crippen molar-refractivity contribution in [2.24, 2.45) is 0 Å². The molecule has 0 radical (unpaired) electrons.